The predicted molar refractivity (Wildman–Crippen MR) is 248 cm³/mol. The number of unbranched alkanes of at least 4 members (excludes halogenated alkanes) is 2. The number of ether oxygens (including phenoxy) is 3. The van der Waals surface area contributed by atoms with E-state index in [1.54, 1.807) is 14.2 Å². The predicted octanol–water partition coefficient (Wildman–Crippen LogP) is 9.83. The molecule has 3 aliphatic rings. The van der Waals surface area contributed by atoms with Gasteiger partial charge in [-0.15, -0.1) is 0 Å². The molecule has 12 nitrogen and oxygen atoms in total. The first-order valence-corrected chi connectivity index (χ1v) is 24.4. The quantitative estimate of drug-likeness (QED) is 0.0412. The molecule has 3 aromatic rings. The van der Waals surface area contributed by atoms with Crippen LogP contribution in [0.5, 0.6) is 17.2 Å². The van der Waals surface area contributed by atoms with Crippen LogP contribution in [-0.4, -0.2) is 80.2 Å². The Kier molecular flexibility index (Phi) is 14.5. The zero-order chi connectivity index (χ0) is 44.9. The molecule has 0 amide bonds. The lowest BCUT2D eigenvalue weighted by molar-refractivity contribution is -0.438. The third kappa shape index (κ3) is 10.8. The van der Waals surface area contributed by atoms with E-state index in [0.717, 1.165) is 81.6 Å². The maximum absolute atomic E-state index is 11.5. The van der Waals surface area contributed by atoms with Crippen molar-refractivity contribution in [1.82, 2.24) is 0 Å². The molecule has 15 heteroatoms. The summed E-state index contributed by atoms with van der Waals surface area (Å²) < 4.78 is 85.3. The van der Waals surface area contributed by atoms with E-state index in [0.29, 0.717) is 50.2 Å². The second-order valence-corrected chi connectivity index (χ2v) is 20.1. The molecule has 1 aliphatic carbocycles. The Morgan fingerprint density at radius 3 is 2.06 bits per heavy atom. The van der Waals surface area contributed by atoms with Crippen molar-refractivity contribution >= 4 is 60.4 Å². The van der Waals surface area contributed by atoms with E-state index in [9.17, 15) is 25.9 Å². The fourth-order valence-corrected chi connectivity index (χ4v) is 9.87. The fraction of sp³-hybridized carbons (Fsp3) is 0.404. The molecule has 0 aromatic heterocycles. The van der Waals surface area contributed by atoms with Crippen molar-refractivity contribution in [2.24, 2.45) is 4.99 Å². The van der Waals surface area contributed by atoms with E-state index in [4.69, 9.17) is 26.4 Å². The number of allylic oxidation sites excluding steroid dienone is 7. The number of benzene rings is 3. The van der Waals surface area contributed by atoms with Gasteiger partial charge in [-0.3, -0.25) is 9.11 Å². The zero-order valence-electron chi connectivity index (χ0n) is 36.2. The smallest absolute Gasteiger partial charge is 0.264 e. The van der Waals surface area contributed by atoms with Gasteiger partial charge in [-0.05, 0) is 148 Å². The van der Waals surface area contributed by atoms with Gasteiger partial charge in [-0.25, -0.2) is 0 Å². The lowest BCUT2D eigenvalue weighted by Crippen LogP contribution is -2.28. The monoisotopic (exact) mass is 902 g/mol. The highest BCUT2D eigenvalue weighted by Crippen LogP contribution is 2.49. The van der Waals surface area contributed by atoms with Crippen LogP contribution < -0.4 is 19.1 Å². The number of methoxy groups -OCH3 is 2. The molecule has 330 valence electrons. The van der Waals surface area contributed by atoms with Gasteiger partial charge in [0.2, 0.25) is 5.69 Å². The largest absolute Gasteiger partial charge is 0.497 e. The molecule has 0 fully saturated rings. The first-order chi connectivity index (χ1) is 29.4. The van der Waals surface area contributed by atoms with Crippen molar-refractivity contribution in [1.29, 1.82) is 0 Å². The minimum absolute atomic E-state index is 0.300. The van der Waals surface area contributed by atoms with Crippen molar-refractivity contribution in [3.63, 3.8) is 0 Å². The summed E-state index contributed by atoms with van der Waals surface area (Å²) in [4.78, 5) is 6.33. The van der Waals surface area contributed by atoms with E-state index >= 15 is 0 Å². The van der Waals surface area contributed by atoms with Gasteiger partial charge in [-0.2, -0.15) is 26.4 Å². The zero-order valence-corrected chi connectivity index (χ0v) is 38.6. The second-order valence-electron chi connectivity index (χ2n) is 16.8. The molecule has 0 spiro atoms. The maximum Gasteiger partial charge on any atom is 0.264 e. The first-order valence-electron chi connectivity index (χ1n) is 20.7. The average Bonchev–Trinajstić information content (AvgIpc) is 3.56. The van der Waals surface area contributed by atoms with Gasteiger partial charge in [0.1, 0.15) is 29.6 Å². The van der Waals surface area contributed by atoms with Crippen LogP contribution in [0.3, 0.4) is 0 Å². The number of fused-ring (bicyclic) bond motifs is 2. The molecule has 0 saturated carbocycles. The van der Waals surface area contributed by atoms with Crippen LogP contribution in [0.1, 0.15) is 83.8 Å². The van der Waals surface area contributed by atoms with Gasteiger partial charge < -0.3 is 19.1 Å². The minimum Gasteiger partial charge on any atom is -0.497 e. The van der Waals surface area contributed by atoms with Gasteiger partial charge in [0.05, 0.1) is 42.0 Å². The molecule has 0 radical (unpaired) electrons. The second kappa shape index (κ2) is 19.2. The number of aliphatic imine (C=N–C) groups is 1. The normalized spacial score (nSPS) is 18.4. The Morgan fingerprint density at radius 2 is 1.42 bits per heavy atom. The molecule has 2 heterocycles. The Balaban J connectivity index is 1.44. The van der Waals surface area contributed by atoms with E-state index in [-0.39, 0.29) is 11.5 Å². The van der Waals surface area contributed by atoms with E-state index < -0.39 is 31.1 Å². The number of nitrogens with zero attached hydrogens (tertiary/aromatic N) is 3. The Labute approximate surface area is 371 Å². The molecule has 0 bridgehead atoms. The van der Waals surface area contributed by atoms with Gasteiger partial charge in [0, 0.05) is 47.5 Å². The lowest BCUT2D eigenvalue weighted by Gasteiger charge is -2.27. The van der Waals surface area contributed by atoms with Crippen molar-refractivity contribution in [2.75, 3.05) is 43.7 Å². The van der Waals surface area contributed by atoms with Gasteiger partial charge in [0.15, 0.2) is 5.71 Å². The molecular weight excluding hydrogens is 847 g/mol. The Hall–Kier alpha value is -4.89. The topological polar surface area (TPSA) is 155 Å². The molecular formula is C47H56N3O9S3+. The van der Waals surface area contributed by atoms with Crippen LogP contribution >= 0.6 is 12.2 Å². The van der Waals surface area contributed by atoms with Crippen LogP contribution in [0.25, 0.3) is 0 Å². The highest BCUT2D eigenvalue weighted by molar-refractivity contribution is 7.86. The van der Waals surface area contributed by atoms with Crippen LogP contribution in [0.15, 0.2) is 113 Å². The summed E-state index contributed by atoms with van der Waals surface area (Å²) in [6, 6.07) is 19.4. The summed E-state index contributed by atoms with van der Waals surface area (Å²) in [7, 11) is -4.86. The number of rotatable bonds is 18. The maximum atomic E-state index is 11.5. The minimum atomic E-state index is -4.07. The number of hydrogen-bond acceptors (Lipinski definition) is 10. The van der Waals surface area contributed by atoms with Crippen molar-refractivity contribution in [2.45, 2.75) is 83.5 Å². The van der Waals surface area contributed by atoms with Gasteiger partial charge in [-0.1, -0.05) is 19.9 Å². The summed E-state index contributed by atoms with van der Waals surface area (Å²) in [5.41, 5.74) is 8.09. The number of isothiocyanates is 1. The van der Waals surface area contributed by atoms with Crippen molar-refractivity contribution in [3.8, 4) is 17.2 Å². The average molecular weight is 903 g/mol. The van der Waals surface area contributed by atoms with Crippen LogP contribution in [-0.2, 0) is 31.1 Å². The third-order valence-electron chi connectivity index (χ3n) is 11.9. The highest BCUT2D eigenvalue weighted by atomic mass is 32.2. The van der Waals surface area contributed by atoms with Gasteiger partial charge in [0.25, 0.3) is 20.2 Å². The van der Waals surface area contributed by atoms with Gasteiger partial charge >= 0.3 is 0 Å². The Bertz CT molecular complexity index is 2620. The molecule has 2 aliphatic heterocycles. The Morgan fingerprint density at radius 1 is 0.790 bits per heavy atom. The van der Waals surface area contributed by atoms with Crippen LogP contribution in [0, 0.1) is 0 Å². The molecule has 0 saturated heterocycles. The van der Waals surface area contributed by atoms with E-state index in [1.165, 1.54) is 0 Å². The fourth-order valence-electron chi connectivity index (χ4n) is 8.62. The molecule has 2 N–H and O–H groups in total. The summed E-state index contributed by atoms with van der Waals surface area (Å²) in [5, 5.41) is 2.41. The number of thiocarbonyl (C=S) groups is 1. The summed E-state index contributed by atoms with van der Waals surface area (Å²) in [6.45, 7) is 9.77. The number of anilines is 1. The van der Waals surface area contributed by atoms with Crippen molar-refractivity contribution in [3.05, 3.63) is 119 Å². The molecule has 0 atom stereocenters. The van der Waals surface area contributed by atoms with Crippen LogP contribution in [0.2, 0.25) is 0 Å². The van der Waals surface area contributed by atoms with Crippen LogP contribution in [0.4, 0.5) is 17.1 Å². The summed E-state index contributed by atoms with van der Waals surface area (Å²) in [5.74, 6) is 2.26. The number of hydrogen-bond donors (Lipinski definition) is 2. The highest BCUT2D eigenvalue weighted by Gasteiger charge is 2.45. The van der Waals surface area contributed by atoms with E-state index in [2.05, 4.69) is 83.8 Å². The molecule has 62 heavy (non-hydrogen) atoms. The summed E-state index contributed by atoms with van der Waals surface area (Å²) >= 11 is 4.82. The van der Waals surface area contributed by atoms with Crippen molar-refractivity contribution < 1.29 is 44.7 Å². The van der Waals surface area contributed by atoms with E-state index in [1.807, 2.05) is 48.5 Å². The first kappa shape index (κ1) is 46.6. The SMILES string of the molecule is COc1ccc2c(c1)C(C)(C)C(/C=C/C1=C(Oc3ccc(N=C=S)cc3)C(=C/C=C3/N(CCCCS(=O)(=O)O)c4ccc(OC)cc4C3(C)C)/CCC1)=[N+]2CCCCS(=O)(=O)O. The standard InChI is InChI=1S/C47H55N3O9S3/c1-46(2)39-30-37(57-5)20-22-41(39)49(26-7-9-28-61(51,52)53)43(46)24-14-33-12-11-13-34(45(33)59-36-18-16-35(17-19-36)48-32-60)15-25-44-47(3,4)40-31-38(58-6)21-23-42(40)50(44)27-8-10-29-62(54,55)56/h14-25,30-31H,7-13,26-29H2,1-6H3,(H-,51,52,53,54,55,56)/p+1. The lowest BCUT2D eigenvalue weighted by atomic mass is 9.81. The third-order valence-corrected chi connectivity index (χ3v) is 13.6. The molecule has 6 rings (SSSR count). The molecule has 3 aromatic carbocycles. The summed E-state index contributed by atoms with van der Waals surface area (Å²) in [6.07, 6.45) is 12.7. The molecule has 0 unspecified atom stereocenters.